The van der Waals surface area contributed by atoms with Crippen LogP contribution in [0.3, 0.4) is 0 Å². The second-order valence-corrected chi connectivity index (χ2v) is 11.0. The van der Waals surface area contributed by atoms with E-state index >= 15 is 0 Å². The van der Waals surface area contributed by atoms with Crippen molar-refractivity contribution in [2.45, 2.75) is 26.2 Å². The lowest BCUT2D eigenvalue weighted by Gasteiger charge is -2.29. The van der Waals surface area contributed by atoms with Crippen molar-refractivity contribution in [1.82, 2.24) is 4.90 Å². The molecule has 0 aliphatic carbocycles. The number of benzene rings is 2. The summed E-state index contributed by atoms with van der Waals surface area (Å²) in [6.45, 7) is 10.8. The van der Waals surface area contributed by atoms with E-state index in [4.69, 9.17) is 0 Å². The molecule has 0 aliphatic rings. The van der Waals surface area contributed by atoms with Crippen LogP contribution in [0.5, 0.6) is 0 Å². The minimum Gasteiger partial charge on any atom is -0.297 e. The van der Waals surface area contributed by atoms with Crippen molar-refractivity contribution in [2.75, 3.05) is 6.17 Å². The molecule has 0 aromatic heterocycles. The standard InChI is InChI=1S/C19H25NSi/c1-4-21(2,3)17-20(15-18-11-7-5-8-12-18)16-19-13-9-6-10-14-19/h4-14H,1,15-17H2,2-3H3. The first-order valence-corrected chi connectivity index (χ1v) is 10.8. The van der Waals surface area contributed by atoms with E-state index in [-0.39, 0.29) is 0 Å². The van der Waals surface area contributed by atoms with Crippen molar-refractivity contribution in [3.05, 3.63) is 84.1 Å². The average molecular weight is 296 g/mol. The minimum absolute atomic E-state index is 1.00. The Morgan fingerprint density at radius 3 is 1.67 bits per heavy atom. The van der Waals surface area contributed by atoms with Gasteiger partial charge in [0.2, 0.25) is 0 Å². The molecule has 110 valence electrons. The second kappa shape index (κ2) is 7.39. The topological polar surface area (TPSA) is 3.24 Å². The van der Waals surface area contributed by atoms with Crippen molar-refractivity contribution >= 4 is 8.07 Å². The molecule has 0 atom stereocenters. The van der Waals surface area contributed by atoms with Crippen LogP contribution in [0.1, 0.15) is 11.1 Å². The first-order valence-electron chi connectivity index (χ1n) is 7.53. The van der Waals surface area contributed by atoms with Gasteiger partial charge in [0.05, 0.1) is 8.07 Å². The molecule has 0 saturated heterocycles. The quantitative estimate of drug-likeness (QED) is 0.671. The summed E-state index contributed by atoms with van der Waals surface area (Å²) in [5, 5.41) is 0. The SMILES string of the molecule is C=C[Si](C)(C)CN(Cc1ccccc1)Cc1ccccc1. The highest BCUT2D eigenvalue weighted by Gasteiger charge is 2.20. The number of hydrogen-bond acceptors (Lipinski definition) is 1. The fraction of sp³-hybridized carbons (Fsp3) is 0.263. The monoisotopic (exact) mass is 295 g/mol. The fourth-order valence-corrected chi connectivity index (χ4v) is 4.00. The summed E-state index contributed by atoms with van der Waals surface area (Å²) in [5.41, 5.74) is 4.94. The van der Waals surface area contributed by atoms with Gasteiger partial charge in [0.1, 0.15) is 0 Å². The van der Waals surface area contributed by atoms with Gasteiger partial charge in [-0.05, 0) is 17.3 Å². The van der Waals surface area contributed by atoms with Crippen molar-refractivity contribution < 1.29 is 0 Å². The van der Waals surface area contributed by atoms with Gasteiger partial charge < -0.3 is 0 Å². The van der Waals surface area contributed by atoms with E-state index in [1.165, 1.54) is 11.1 Å². The first kappa shape index (κ1) is 15.7. The van der Waals surface area contributed by atoms with Gasteiger partial charge in [0.25, 0.3) is 0 Å². The highest BCUT2D eigenvalue weighted by atomic mass is 28.3. The molecule has 0 radical (unpaired) electrons. The molecule has 0 unspecified atom stereocenters. The molecule has 21 heavy (non-hydrogen) atoms. The maximum absolute atomic E-state index is 4.03. The number of rotatable bonds is 7. The molecule has 2 heteroatoms. The van der Waals surface area contributed by atoms with Gasteiger partial charge in [-0.2, -0.15) is 0 Å². The van der Waals surface area contributed by atoms with Gasteiger partial charge in [0, 0.05) is 13.1 Å². The molecule has 2 aromatic carbocycles. The van der Waals surface area contributed by atoms with E-state index in [1.807, 2.05) is 0 Å². The van der Waals surface area contributed by atoms with Crippen LogP contribution < -0.4 is 0 Å². The molecule has 0 N–H and O–H groups in total. The highest BCUT2D eigenvalue weighted by molar-refractivity contribution is 6.82. The summed E-state index contributed by atoms with van der Waals surface area (Å²) in [5.74, 6) is 0. The van der Waals surface area contributed by atoms with E-state index in [9.17, 15) is 0 Å². The molecule has 0 spiro atoms. The number of hydrogen-bond donors (Lipinski definition) is 0. The molecule has 0 aliphatic heterocycles. The van der Waals surface area contributed by atoms with Crippen molar-refractivity contribution in [3.8, 4) is 0 Å². The third-order valence-electron chi connectivity index (χ3n) is 3.68. The summed E-state index contributed by atoms with van der Waals surface area (Å²) in [6, 6.07) is 21.5. The van der Waals surface area contributed by atoms with Crippen LogP contribution >= 0.6 is 0 Å². The average Bonchev–Trinajstić information content (AvgIpc) is 2.49. The van der Waals surface area contributed by atoms with E-state index in [0.29, 0.717) is 0 Å². The van der Waals surface area contributed by atoms with Crippen LogP contribution in [-0.2, 0) is 13.1 Å². The fourth-order valence-electron chi connectivity index (χ4n) is 2.49. The smallest absolute Gasteiger partial charge is 0.0854 e. The molecule has 1 nitrogen and oxygen atoms in total. The Kier molecular flexibility index (Phi) is 5.54. The Morgan fingerprint density at radius 2 is 1.29 bits per heavy atom. The van der Waals surface area contributed by atoms with Gasteiger partial charge in [-0.25, -0.2) is 0 Å². The van der Waals surface area contributed by atoms with Crippen LogP contribution in [-0.4, -0.2) is 19.1 Å². The lowest BCUT2D eigenvalue weighted by atomic mass is 10.2. The molecular weight excluding hydrogens is 270 g/mol. The first-order chi connectivity index (χ1) is 10.1. The Balaban J connectivity index is 2.12. The van der Waals surface area contributed by atoms with E-state index in [1.54, 1.807) is 0 Å². The van der Waals surface area contributed by atoms with E-state index in [2.05, 4.69) is 90.9 Å². The Bertz CT molecular complexity index is 507. The van der Waals surface area contributed by atoms with E-state index < -0.39 is 8.07 Å². The third kappa shape index (κ3) is 5.33. The summed E-state index contributed by atoms with van der Waals surface area (Å²) >= 11 is 0. The molecule has 2 rings (SSSR count). The van der Waals surface area contributed by atoms with Crippen LogP contribution in [0.25, 0.3) is 0 Å². The van der Waals surface area contributed by atoms with Crippen molar-refractivity contribution in [2.24, 2.45) is 0 Å². The maximum atomic E-state index is 4.03. The predicted molar refractivity (Wildman–Crippen MR) is 94.7 cm³/mol. The van der Waals surface area contributed by atoms with Gasteiger partial charge in [-0.1, -0.05) is 73.8 Å². The lowest BCUT2D eigenvalue weighted by molar-refractivity contribution is 0.296. The van der Waals surface area contributed by atoms with Crippen molar-refractivity contribution in [1.29, 1.82) is 0 Å². The molecule has 0 fully saturated rings. The van der Waals surface area contributed by atoms with Gasteiger partial charge in [0.15, 0.2) is 0 Å². The normalized spacial score (nSPS) is 11.6. The lowest BCUT2D eigenvalue weighted by Crippen LogP contribution is -2.40. The maximum Gasteiger partial charge on any atom is 0.0854 e. The van der Waals surface area contributed by atoms with Gasteiger partial charge in [-0.15, -0.1) is 12.3 Å². The zero-order valence-electron chi connectivity index (χ0n) is 13.1. The van der Waals surface area contributed by atoms with Crippen LogP contribution in [0, 0.1) is 0 Å². The van der Waals surface area contributed by atoms with Crippen LogP contribution in [0.15, 0.2) is 72.9 Å². The Labute approximate surface area is 129 Å². The van der Waals surface area contributed by atoms with E-state index in [0.717, 1.165) is 19.3 Å². The Hall–Kier alpha value is -1.64. The number of nitrogens with zero attached hydrogens (tertiary/aromatic N) is 1. The van der Waals surface area contributed by atoms with Gasteiger partial charge >= 0.3 is 0 Å². The Morgan fingerprint density at radius 1 is 0.857 bits per heavy atom. The van der Waals surface area contributed by atoms with Gasteiger partial charge in [-0.3, -0.25) is 4.90 Å². The minimum atomic E-state index is -1.36. The largest absolute Gasteiger partial charge is 0.297 e. The molecule has 0 saturated carbocycles. The van der Waals surface area contributed by atoms with Crippen LogP contribution in [0.2, 0.25) is 13.1 Å². The predicted octanol–water partition coefficient (Wildman–Crippen LogP) is 4.66. The summed E-state index contributed by atoms with van der Waals surface area (Å²) in [6.07, 6.45) is 1.14. The summed E-state index contributed by atoms with van der Waals surface area (Å²) < 4.78 is 0. The molecule has 0 bridgehead atoms. The molecule has 0 amide bonds. The summed E-state index contributed by atoms with van der Waals surface area (Å²) in [7, 11) is -1.36. The van der Waals surface area contributed by atoms with Crippen LogP contribution in [0.4, 0.5) is 0 Å². The molecular formula is C19H25NSi. The summed E-state index contributed by atoms with van der Waals surface area (Å²) in [4.78, 5) is 2.55. The highest BCUT2D eigenvalue weighted by Crippen LogP contribution is 2.14. The molecule has 0 heterocycles. The second-order valence-electron chi connectivity index (χ2n) is 6.31. The zero-order chi connectivity index (χ0) is 15.1. The molecule has 2 aromatic rings. The zero-order valence-corrected chi connectivity index (χ0v) is 14.1. The van der Waals surface area contributed by atoms with Crippen molar-refractivity contribution in [3.63, 3.8) is 0 Å². The third-order valence-corrected chi connectivity index (χ3v) is 6.05.